The van der Waals surface area contributed by atoms with Crippen molar-refractivity contribution >= 4 is 17.5 Å². The maximum atomic E-state index is 13.0. The number of hydrogen-bond donors (Lipinski definition) is 1. The van der Waals surface area contributed by atoms with Crippen molar-refractivity contribution in [1.29, 1.82) is 0 Å². The Labute approximate surface area is 190 Å². The van der Waals surface area contributed by atoms with Gasteiger partial charge in [0, 0.05) is 51.0 Å². The Morgan fingerprint density at radius 2 is 1.84 bits per heavy atom. The number of rotatable bonds is 9. The Balaban J connectivity index is 1.58. The van der Waals surface area contributed by atoms with E-state index in [0.29, 0.717) is 18.8 Å². The van der Waals surface area contributed by atoms with Gasteiger partial charge in [0.05, 0.1) is 25.1 Å². The molecule has 0 radical (unpaired) electrons. The van der Waals surface area contributed by atoms with Crippen LogP contribution in [-0.2, 0) is 9.53 Å². The van der Waals surface area contributed by atoms with Gasteiger partial charge in [0.15, 0.2) is 0 Å². The lowest BCUT2D eigenvalue weighted by Gasteiger charge is -2.28. The molecule has 1 N–H and O–H groups in total. The Kier molecular flexibility index (Phi) is 8.70. The Morgan fingerprint density at radius 3 is 2.53 bits per heavy atom. The third kappa shape index (κ3) is 7.10. The van der Waals surface area contributed by atoms with Crippen LogP contribution in [0.25, 0.3) is 0 Å². The third-order valence-electron chi connectivity index (χ3n) is 5.69. The van der Waals surface area contributed by atoms with Crippen molar-refractivity contribution in [2.24, 2.45) is 0 Å². The second-order valence-corrected chi connectivity index (χ2v) is 8.24. The van der Waals surface area contributed by atoms with E-state index in [1.807, 2.05) is 39.0 Å². The summed E-state index contributed by atoms with van der Waals surface area (Å²) in [6, 6.07) is 5.84. The molecule has 0 aliphatic carbocycles. The number of aryl methyl sites for hydroxylation is 3. The Hall–Kier alpha value is -2.84. The Bertz CT molecular complexity index is 910. The molecular formula is C24H33N5O3. The summed E-state index contributed by atoms with van der Waals surface area (Å²) in [4.78, 5) is 38.1. The highest BCUT2D eigenvalue weighted by atomic mass is 16.5. The zero-order chi connectivity index (χ0) is 22.9. The fourth-order valence-corrected chi connectivity index (χ4v) is 3.57. The van der Waals surface area contributed by atoms with Crippen LogP contribution in [0.4, 0.5) is 5.69 Å². The van der Waals surface area contributed by atoms with Crippen molar-refractivity contribution in [3.63, 3.8) is 0 Å². The van der Waals surface area contributed by atoms with Gasteiger partial charge >= 0.3 is 0 Å². The highest BCUT2D eigenvalue weighted by molar-refractivity contribution is 5.93. The molecule has 1 aliphatic rings. The molecule has 3 rings (SSSR count). The average Bonchev–Trinajstić information content (AvgIpc) is 2.79. The monoisotopic (exact) mass is 439 g/mol. The first-order chi connectivity index (χ1) is 15.4. The second-order valence-electron chi connectivity index (χ2n) is 8.24. The molecule has 8 nitrogen and oxygen atoms in total. The van der Waals surface area contributed by atoms with Gasteiger partial charge in [0.2, 0.25) is 5.91 Å². The van der Waals surface area contributed by atoms with Crippen LogP contribution in [-0.4, -0.2) is 77.5 Å². The molecule has 172 valence electrons. The highest BCUT2D eigenvalue weighted by Crippen LogP contribution is 2.14. The number of morpholine rings is 1. The molecule has 1 aliphatic heterocycles. The molecule has 8 heteroatoms. The number of aromatic nitrogens is 2. The van der Waals surface area contributed by atoms with Crippen LogP contribution in [0.2, 0.25) is 0 Å². The zero-order valence-electron chi connectivity index (χ0n) is 19.3. The van der Waals surface area contributed by atoms with E-state index in [0.717, 1.165) is 56.2 Å². The summed E-state index contributed by atoms with van der Waals surface area (Å²) in [5.74, 6) is -0.312. The molecule has 0 spiro atoms. The molecular weight excluding hydrogens is 406 g/mol. The lowest BCUT2D eigenvalue weighted by atomic mass is 10.1. The van der Waals surface area contributed by atoms with E-state index in [1.54, 1.807) is 11.1 Å². The quantitative estimate of drug-likeness (QED) is 0.646. The van der Waals surface area contributed by atoms with E-state index in [2.05, 4.69) is 20.2 Å². The first-order valence-corrected chi connectivity index (χ1v) is 11.2. The van der Waals surface area contributed by atoms with Crippen LogP contribution in [0.15, 0.2) is 30.6 Å². The minimum Gasteiger partial charge on any atom is -0.379 e. The van der Waals surface area contributed by atoms with Gasteiger partial charge in [0.1, 0.15) is 5.69 Å². The number of benzene rings is 1. The van der Waals surface area contributed by atoms with Crippen molar-refractivity contribution in [3.8, 4) is 0 Å². The molecule has 1 fully saturated rings. The number of hydrogen-bond acceptors (Lipinski definition) is 6. The van der Waals surface area contributed by atoms with Gasteiger partial charge in [-0.3, -0.25) is 19.5 Å². The smallest absolute Gasteiger partial charge is 0.274 e. The summed E-state index contributed by atoms with van der Waals surface area (Å²) in [7, 11) is 0. The number of nitrogens with zero attached hydrogens (tertiary/aromatic N) is 4. The molecule has 0 bridgehead atoms. The number of nitrogens with one attached hydrogen (secondary N) is 1. The van der Waals surface area contributed by atoms with E-state index in [4.69, 9.17) is 4.74 Å². The topological polar surface area (TPSA) is 87.7 Å². The summed E-state index contributed by atoms with van der Waals surface area (Å²) in [6.07, 6.45) is 4.13. The van der Waals surface area contributed by atoms with Gasteiger partial charge < -0.3 is 15.0 Å². The first kappa shape index (κ1) is 23.8. The van der Waals surface area contributed by atoms with Gasteiger partial charge in [0.25, 0.3) is 5.91 Å². The number of carbonyl (C=O) groups excluding carboxylic acids is 2. The van der Waals surface area contributed by atoms with E-state index >= 15 is 0 Å². The number of amides is 2. The van der Waals surface area contributed by atoms with Crippen molar-refractivity contribution < 1.29 is 14.3 Å². The van der Waals surface area contributed by atoms with Crippen LogP contribution in [0.1, 0.15) is 40.2 Å². The van der Waals surface area contributed by atoms with Crippen LogP contribution in [0.5, 0.6) is 0 Å². The van der Waals surface area contributed by atoms with Gasteiger partial charge in [-0.1, -0.05) is 6.07 Å². The van der Waals surface area contributed by atoms with Crippen molar-refractivity contribution in [2.75, 3.05) is 51.3 Å². The van der Waals surface area contributed by atoms with Gasteiger partial charge in [-0.15, -0.1) is 0 Å². The molecule has 0 saturated carbocycles. The molecule has 1 aromatic carbocycles. The minimum absolute atomic E-state index is 0.116. The molecule has 1 saturated heterocycles. The maximum absolute atomic E-state index is 13.0. The van der Waals surface area contributed by atoms with Crippen LogP contribution in [0.3, 0.4) is 0 Å². The largest absolute Gasteiger partial charge is 0.379 e. The summed E-state index contributed by atoms with van der Waals surface area (Å²) < 4.78 is 5.39. The molecule has 2 aromatic rings. The van der Waals surface area contributed by atoms with Crippen molar-refractivity contribution in [3.05, 3.63) is 53.1 Å². The fraction of sp³-hybridized carbons (Fsp3) is 0.500. The predicted molar refractivity (Wildman–Crippen MR) is 124 cm³/mol. The number of carbonyl (C=O) groups is 2. The van der Waals surface area contributed by atoms with Gasteiger partial charge in [-0.2, -0.15) is 0 Å². The van der Waals surface area contributed by atoms with Crippen molar-refractivity contribution in [2.45, 2.75) is 33.6 Å². The number of ether oxygens (including phenoxy) is 1. The van der Waals surface area contributed by atoms with Crippen molar-refractivity contribution in [1.82, 2.24) is 19.8 Å². The van der Waals surface area contributed by atoms with E-state index in [1.165, 1.54) is 11.8 Å². The molecule has 0 atom stereocenters. The molecule has 32 heavy (non-hydrogen) atoms. The Morgan fingerprint density at radius 1 is 1.06 bits per heavy atom. The van der Waals surface area contributed by atoms with Gasteiger partial charge in [-0.05, 0) is 50.5 Å². The third-order valence-corrected chi connectivity index (χ3v) is 5.69. The maximum Gasteiger partial charge on any atom is 0.274 e. The standard InChI is InChI=1S/C24H33N5O3/c1-18-5-6-21(15-19(18)2)27-23(30)7-10-29(9-4-8-28-11-13-32-14-12-28)24(31)22-17-25-20(3)16-26-22/h5-6,15-17H,4,7-14H2,1-3H3,(H,27,30). The van der Waals surface area contributed by atoms with Crippen LogP contribution < -0.4 is 5.32 Å². The predicted octanol–water partition coefficient (Wildman–Crippen LogP) is 2.60. The summed E-state index contributed by atoms with van der Waals surface area (Å²) >= 11 is 0. The second kappa shape index (κ2) is 11.7. The average molecular weight is 440 g/mol. The molecule has 2 amide bonds. The van der Waals surface area contributed by atoms with Gasteiger partial charge in [-0.25, -0.2) is 4.98 Å². The lowest BCUT2D eigenvalue weighted by Crippen LogP contribution is -2.40. The lowest BCUT2D eigenvalue weighted by molar-refractivity contribution is -0.116. The molecule has 1 aromatic heterocycles. The van der Waals surface area contributed by atoms with Crippen LogP contribution >= 0.6 is 0 Å². The summed E-state index contributed by atoms with van der Waals surface area (Å²) in [5, 5.41) is 2.93. The highest BCUT2D eigenvalue weighted by Gasteiger charge is 2.19. The number of anilines is 1. The summed E-state index contributed by atoms with van der Waals surface area (Å²) in [5.41, 5.74) is 4.14. The van der Waals surface area contributed by atoms with E-state index in [-0.39, 0.29) is 18.2 Å². The van der Waals surface area contributed by atoms with Crippen LogP contribution in [0, 0.1) is 20.8 Å². The normalized spacial score (nSPS) is 14.2. The first-order valence-electron chi connectivity index (χ1n) is 11.2. The SMILES string of the molecule is Cc1cnc(C(=O)N(CCCN2CCOCC2)CCC(=O)Nc2ccc(C)c(C)c2)cn1. The van der Waals surface area contributed by atoms with E-state index < -0.39 is 0 Å². The minimum atomic E-state index is -0.196. The molecule has 0 unspecified atom stereocenters. The van der Waals surface area contributed by atoms with E-state index in [9.17, 15) is 9.59 Å². The molecule has 2 heterocycles. The summed E-state index contributed by atoms with van der Waals surface area (Å²) in [6.45, 7) is 11.0. The fourth-order valence-electron chi connectivity index (χ4n) is 3.57. The zero-order valence-corrected chi connectivity index (χ0v) is 19.3.